The topological polar surface area (TPSA) is 87.4 Å². The van der Waals surface area contributed by atoms with Gasteiger partial charge in [0.05, 0.1) is 6.54 Å². The molecule has 1 aromatic carbocycles. The summed E-state index contributed by atoms with van der Waals surface area (Å²) in [5, 5.41) is 3.21. The molecular weight excluding hydrogens is 407 g/mol. The Morgan fingerprint density at radius 3 is 2.66 bits per heavy atom. The summed E-state index contributed by atoms with van der Waals surface area (Å²) in [6, 6.07) is 6.72. The number of nitrogens with zero attached hydrogens (tertiary/aromatic N) is 4. The zero-order valence-corrected chi connectivity index (χ0v) is 19.0. The minimum atomic E-state index is -0.379. The molecule has 32 heavy (non-hydrogen) atoms. The molecule has 0 radical (unpaired) electrons. The van der Waals surface area contributed by atoms with Crippen LogP contribution in [0.25, 0.3) is 0 Å². The van der Waals surface area contributed by atoms with E-state index in [4.69, 9.17) is 5.73 Å². The Kier molecular flexibility index (Phi) is 6.89. The van der Waals surface area contributed by atoms with E-state index in [-0.39, 0.29) is 17.5 Å². The summed E-state index contributed by atoms with van der Waals surface area (Å²) in [4.78, 5) is 23.8. The van der Waals surface area contributed by atoms with Gasteiger partial charge in [-0.05, 0) is 69.7 Å². The van der Waals surface area contributed by atoms with Gasteiger partial charge in [0.15, 0.2) is 11.6 Å². The molecule has 4 rings (SSSR count). The van der Waals surface area contributed by atoms with Gasteiger partial charge in [-0.25, -0.2) is 9.97 Å². The third-order valence-corrected chi connectivity index (χ3v) is 6.52. The molecule has 1 aromatic heterocycles. The maximum absolute atomic E-state index is 15.5. The van der Waals surface area contributed by atoms with Gasteiger partial charge in [-0.15, -0.1) is 0 Å². The number of carbonyl (C=O) groups excluding carboxylic acids is 1. The van der Waals surface area contributed by atoms with Gasteiger partial charge in [-0.1, -0.05) is 23.8 Å². The van der Waals surface area contributed by atoms with Crippen LogP contribution in [0.1, 0.15) is 42.4 Å². The van der Waals surface area contributed by atoms with Gasteiger partial charge < -0.3 is 16.0 Å². The van der Waals surface area contributed by atoms with Crippen LogP contribution < -0.4 is 16.0 Å². The fourth-order valence-corrected chi connectivity index (χ4v) is 4.41. The first-order valence-corrected chi connectivity index (χ1v) is 11.5. The number of rotatable bonds is 9. The zero-order valence-electron chi connectivity index (χ0n) is 19.0. The van der Waals surface area contributed by atoms with Crippen molar-refractivity contribution >= 4 is 17.5 Å². The molecule has 0 atom stereocenters. The first-order valence-electron chi connectivity index (χ1n) is 11.5. The predicted octanol–water partition coefficient (Wildman–Crippen LogP) is 3.01. The predicted molar refractivity (Wildman–Crippen MR) is 124 cm³/mol. The molecule has 8 heteroatoms. The van der Waals surface area contributed by atoms with Crippen LogP contribution in [-0.2, 0) is 11.3 Å². The number of benzene rings is 1. The lowest BCUT2D eigenvalue weighted by Gasteiger charge is -2.31. The van der Waals surface area contributed by atoms with E-state index >= 15 is 4.39 Å². The third kappa shape index (κ3) is 5.54. The van der Waals surface area contributed by atoms with Crippen molar-refractivity contribution < 1.29 is 9.18 Å². The number of aryl methyl sites for hydroxylation is 2. The fourth-order valence-electron chi connectivity index (χ4n) is 4.41. The molecular formula is C24H33FN6O. The van der Waals surface area contributed by atoms with Crippen LogP contribution in [0.4, 0.5) is 16.0 Å². The van der Waals surface area contributed by atoms with E-state index < -0.39 is 0 Å². The normalized spacial score (nSPS) is 17.3. The van der Waals surface area contributed by atoms with Crippen molar-refractivity contribution in [3.63, 3.8) is 0 Å². The third-order valence-electron chi connectivity index (χ3n) is 6.52. The monoisotopic (exact) mass is 440 g/mol. The lowest BCUT2D eigenvalue weighted by molar-refractivity contribution is -0.119. The first-order chi connectivity index (χ1) is 15.4. The van der Waals surface area contributed by atoms with Gasteiger partial charge in [0.1, 0.15) is 6.33 Å². The van der Waals surface area contributed by atoms with Gasteiger partial charge in [0.2, 0.25) is 11.7 Å². The van der Waals surface area contributed by atoms with Crippen molar-refractivity contribution in [3.05, 3.63) is 47.0 Å². The molecule has 1 saturated heterocycles. The molecule has 2 fully saturated rings. The molecule has 3 N–H and O–H groups in total. The maximum Gasteiger partial charge on any atom is 0.231 e. The average molecular weight is 441 g/mol. The molecule has 1 saturated carbocycles. The number of amides is 1. The van der Waals surface area contributed by atoms with Crippen molar-refractivity contribution in [1.82, 2.24) is 14.9 Å². The van der Waals surface area contributed by atoms with Crippen LogP contribution in [0.5, 0.6) is 0 Å². The molecule has 2 aliphatic rings. The largest absolute Gasteiger partial charge is 0.369 e. The van der Waals surface area contributed by atoms with E-state index in [9.17, 15) is 4.79 Å². The minimum absolute atomic E-state index is 0.265. The number of anilines is 2. The summed E-state index contributed by atoms with van der Waals surface area (Å²) in [7, 11) is 0. The van der Waals surface area contributed by atoms with Crippen molar-refractivity contribution in [2.75, 3.05) is 36.4 Å². The van der Waals surface area contributed by atoms with Crippen LogP contribution in [0, 0.1) is 25.6 Å². The number of halogens is 1. The van der Waals surface area contributed by atoms with Crippen LogP contribution >= 0.6 is 0 Å². The van der Waals surface area contributed by atoms with Gasteiger partial charge in [-0.2, -0.15) is 4.39 Å². The number of carbonyl (C=O) groups is 1. The smallest absolute Gasteiger partial charge is 0.231 e. The quantitative estimate of drug-likeness (QED) is 0.623. The summed E-state index contributed by atoms with van der Waals surface area (Å²) in [5.41, 5.74) is 8.89. The number of primary amides is 1. The van der Waals surface area contributed by atoms with Gasteiger partial charge in [0.25, 0.3) is 0 Å². The molecule has 172 valence electrons. The Morgan fingerprint density at radius 2 is 1.97 bits per heavy atom. The van der Waals surface area contributed by atoms with Crippen molar-refractivity contribution in [1.29, 1.82) is 0 Å². The summed E-state index contributed by atoms with van der Waals surface area (Å²) >= 11 is 0. The van der Waals surface area contributed by atoms with E-state index in [0.29, 0.717) is 37.4 Å². The number of aromatic nitrogens is 2. The Bertz CT molecular complexity index is 956. The molecule has 0 unspecified atom stereocenters. The summed E-state index contributed by atoms with van der Waals surface area (Å²) < 4.78 is 15.5. The summed E-state index contributed by atoms with van der Waals surface area (Å²) in [6.07, 6.45) is 5.46. The summed E-state index contributed by atoms with van der Waals surface area (Å²) in [6.45, 7) is 7.44. The number of nitrogens with two attached hydrogens (primary N) is 1. The molecule has 0 spiro atoms. The zero-order chi connectivity index (χ0) is 22.7. The number of hydrogen-bond acceptors (Lipinski definition) is 6. The number of nitrogens with one attached hydrogen (secondary N) is 1. The molecule has 2 aromatic rings. The molecule has 2 heterocycles. The van der Waals surface area contributed by atoms with Crippen LogP contribution in [0.2, 0.25) is 0 Å². The SMILES string of the molecule is Cc1ccc(C)c(CN(c2ncnc(NCC3CCN(CC(N)=O)CC3)c2F)C2CC2)c1. The minimum Gasteiger partial charge on any atom is -0.369 e. The lowest BCUT2D eigenvalue weighted by Crippen LogP contribution is -2.40. The second-order valence-electron chi connectivity index (χ2n) is 9.22. The molecule has 1 aliphatic carbocycles. The van der Waals surface area contributed by atoms with Gasteiger partial charge in [0, 0.05) is 19.1 Å². The van der Waals surface area contributed by atoms with Crippen molar-refractivity contribution in [2.45, 2.75) is 52.1 Å². The Morgan fingerprint density at radius 1 is 1.22 bits per heavy atom. The van der Waals surface area contributed by atoms with Crippen LogP contribution in [0.15, 0.2) is 24.5 Å². The molecule has 0 bridgehead atoms. The Balaban J connectivity index is 1.42. The van der Waals surface area contributed by atoms with Gasteiger partial charge in [-0.3, -0.25) is 9.69 Å². The first kappa shape index (κ1) is 22.5. The lowest BCUT2D eigenvalue weighted by atomic mass is 9.97. The maximum atomic E-state index is 15.5. The second kappa shape index (κ2) is 9.81. The van der Waals surface area contributed by atoms with E-state index in [0.717, 1.165) is 38.8 Å². The Hall–Kier alpha value is -2.74. The molecule has 1 amide bonds. The highest BCUT2D eigenvalue weighted by atomic mass is 19.1. The van der Waals surface area contributed by atoms with E-state index in [1.807, 2.05) is 0 Å². The standard InChI is InChI=1S/C24H33FN6O/c1-16-3-4-17(2)19(11-16)13-31(20-5-6-20)24-22(25)23(28-15-29-24)27-12-18-7-9-30(10-8-18)14-21(26)32/h3-4,11,15,18,20H,5-10,12-14H2,1-2H3,(H2,26,32)(H,27,28,29). The van der Waals surface area contributed by atoms with E-state index in [2.05, 4.69) is 57.1 Å². The Labute approximate surface area is 189 Å². The number of piperidine rings is 1. The van der Waals surface area contributed by atoms with E-state index in [1.165, 1.54) is 23.0 Å². The van der Waals surface area contributed by atoms with Crippen molar-refractivity contribution in [3.8, 4) is 0 Å². The molecule has 1 aliphatic heterocycles. The second-order valence-corrected chi connectivity index (χ2v) is 9.22. The average Bonchev–Trinajstić information content (AvgIpc) is 3.60. The number of likely N-dealkylation sites (tertiary alicyclic amines) is 1. The van der Waals surface area contributed by atoms with Gasteiger partial charge >= 0.3 is 0 Å². The molecule has 7 nitrogen and oxygen atoms in total. The van der Waals surface area contributed by atoms with Crippen molar-refractivity contribution in [2.24, 2.45) is 11.7 Å². The highest BCUT2D eigenvalue weighted by Gasteiger charge is 2.33. The van der Waals surface area contributed by atoms with Crippen LogP contribution in [-0.4, -0.2) is 53.0 Å². The van der Waals surface area contributed by atoms with E-state index in [1.54, 1.807) is 0 Å². The number of hydrogen-bond donors (Lipinski definition) is 2. The highest BCUT2D eigenvalue weighted by Crippen LogP contribution is 2.35. The highest BCUT2D eigenvalue weighted by molar-refractivity contribution is 5.75. The van der Waals surface area contributed by atoms with Crippen LogP contribution in [0.3, 0.4) is 0 Å². The fraction of sp³-hybridized carbons (Fsp3) is 0.542. The summed E-state index contributed by atoms with van der Waals surface area (Å²) in [5.74, 6) is 0.379.